The number of amides is 1. The molecule has 0 aliphatic rings. The Labute approximate surface area is 221 Å². The van der Waals surface area contributed by atoms with E-state index < -0.39 is 28.5 Å². The SMILES string of the molecule is COc1ccc([C@H](C)NC(=O)CN(c2cc(Cl)ccc2OC)S(=O)(=O)c2ccc(OC)c(OC)c2)cc1. The van der Waals surface area contributed by atoms with Gasteiger partial charge in [-0.1, -0.05) is 23.7 Å². The fourth-order valence-electron chi connectivity index (χ4n) is 3.66. The summed E-state index contributed by atoms with van der Waals surface area (Å²) >= 11 is 6.20. The number of sulfonamides is 1. The topological polar surface area (TPSA) is 103 Å². The van der Waals surface area contributed by atoms with Crippen LogP contribution in [0.5, 0.6) is 23.0 Å². The van der Waals surface area contributed by atoms with Gasteiger partial charge in [0.2, 0.25) is 5.91 Å². The number of ether oxygens (including phenoxy) is 4. The van der Waals surface area contributed by atoms with E-state index in [1.807, 2.05) is 12.1 Å². The molecule has 37 heavy (non-hydrogen) atoms. The number of hydrogen-bond donors (Lipinski definition) is 1. The number of hydrogen-bond acceptors (Lipinski definition) is 7. The second-order valence-electron chi connectivity index (χ2n) is 7.91. The van der Waals surface area contributed by atoms with Crippen LogP contribution in [0.15, 0.2) is 65.6 Å². The van der Waals surface area contributed by atoms with Crippen LogP contribution in [0.1, 0.15) is 18.5 Å². The normalized spacial score (nSPS) is 11.8. The second kappa shape index (κ2) is 12.1. The molecule has 0 aliphatic heterocycles. The van der Waals surface area contributed by atoms with Crippen LogP contribution in [0.3, 0.4) is 0 Å². The molecular formula is C26H29ClN2O7S. The summed E-state index contributed by atoms with van der Waals surface area (Å²) in [6.45, 7) is 1.26. The van der Waals surface area contributed by atoms with E-state index in [4.69, 9.17) is 30.5 Å². The molecule has 0 unspecified atom stereocenters. The lowest BCUT2D eigenvalue weighted by molar-refractivity contribution is -0.120. The van der Waals surface area contributed by atoms with Crippen LogP contribution < -0.4 is 28.6 Å². The van der Waals surface area contributed by atoms with E-state index in [0.29, 0.717) is 11.5 Å². The van der Waals surface area contributed by atoms with E-state index in [1.54, 1.807) is 32.2 Å². The number of rotatable bonds is 11. The van der Waals surface area contributed by atoms with Crippen molar-refractivity contribution in [2.45, 2.75) is 17.9 Å². The molecule has 9 nitrogen and oxygen atoms in total. The van der Waals surface area contributed by atoms with Gasteiger partial charge in [-0.3, -0.25) is 9.10 Å². The molecule has 1 N–H and O–H groups in total. The first-order valence-electron chi connectivity index (χ1n) is 11.2. The van der Waals surface area contributed by atoms with Crippen LogP contribution in [0.25, 0.3) is 0 Å². The zero-order chi connectivity index (χ0) is 27.2. The lowest BCUT2D eigenvalue weighted by Gasteiger charge is -2.27. The Morgan fingerprint density at radius 2 is 1.49 bits per heavy atom. The first kappa shape index (κ1) is 27.9. The molecule has 11 heteroatoms. The smallest absolute Gasteiger partial charge is 0.265 e. The maximum Gasteiger partial charge on any atom is 0.265 e. The van der Waals surface area contributed by atoms with E-state index >= 15 is 0 Å². The lowest BCUT2D eigenvalue weighted by Crippen LogP contribution is -2.41. The van der Waals surface area contributed by atoms with Gasteiger partial charge in [-0.2, -0.15) is 0 Å². The molecule has 0 heterocycles. The molecule has 3 aromatic rings. The first-order valence-corrected chi connectivity index (χ1v) is 13.0. The number of nitrogens with one attached hydrogen (secondary N) is 1. The number of nitrogens with zero attached hydrogens (tertiary/aromatic N) is 1. The van der Waals surface area contributed by atoms with Gasteiger partial charge in [0, 0.05) is 11.1 Å². The Kier molecular flexibility index (Phi) is 9.12. The van der Waals surface area contributed by atoms with Gasteiger partial charge in [-0.15, -0.1) is 0 Å². The van der Waals surface area contributed by atoms with E-state index in [1.165, 1.54) is 51.7 Å². The summed E-state index contributed by atoms with van der Waals surface area (Å²) in [7, 11) is 1.54. The summed E-state index contributed by atoms with van der Waals surface area (Å²) in [4.78, 5) is 13.1. The molecule has 0 aliphatic carbocycles. The third-order valence-electron chi connectivity index (χ3n) is 5.63. The van der Waals surface area contributed by atoms with Crippen molar-refractivity contribution < 1.29 is 32.2 Å². The Balaban J connectivity index is 2.00. The van der Waals surface area contributed by atoms with Gasteiger partial charge in [0.15, 0.2) is 11.5 Å². The molecule has 0 spiro atoms. The van der Waals surface area contributed by atoms with Crippen molar-refractivity contribution in [1.82, 2.24) is 5.32 Å². The zero-order valence-corrected chi connectivity index (χ0v) is 22.7. The quantitative estimate of drug-likeness (QED) is 0.377. The number of methoxy groups -OCH3 is 4. The van der Waals surface area contributed by atoms with Gasteiger partial charge in [0.25, 0.3) is 10.0 Å². The zero-order valence-electron chi connectivity index (χ0n) is 21.1. The van der Waals surface area contributed by atoms with Gasteiger partial charge >= 0.3 is 0 Å². The van der Waals surface area contributed by atoms with Gasteiger partial charge in [-0.05, 0) is 55.0 Å². The van der Waals surface area contributed by atoms with Crippen LogP contribution in [-0.2, 0) is 14.8 Å². The second-order valence-corrected chi connectivity index (χ2v) is 10.2. The molecular weight excluding hydrogens is 520 g/mol. The van der Waals surface area contributed by atoms with Crippen LogP contribution >= 0.6 is 11.6 Å². The third kappa shape index (κ3) is 6.39. The average Bonchev–Trinajstić information content (AvgIpc) is 2.91. The van der Waals surface area contributed by atoms with E-state index in [-0.39, 0.29) is 27.1 Å². The predicted molar refractivity (Wildman–Crippen MR) is 142 cm³/mol. The standard InChI is InChI=1S/C26H29ClN2O7S/c1-17(18-6-9-20(33-2)10-7-18)28-26(30)16-29(22-14-19(27)8-12-23(22)34-3)37(31,32)21-11-13-24(35-4)25(15-21)36-5/h6-15,17H,16H2,1-5H3,(H,28,30)/t17-/m0/s1. The minimum Gasteiger partial charge on any atom is -0.497 e. The van der Waals surface area contributed by atoms with Crippen molar-refractivity contribution in [2.75, 3.05) is 39.3 Å². The molecule has 0 aromatic heterocycles. The fraction of sp³-hybridized carbons (Fsp3) is 0.269. The molecule has 0 fully saturated rings. The molecule has 0 bridgehead atoms. The monoisotopic (exact) mass is 548 g/mol. The Hall–Kier alpha value is -3.63. The third-order valence-corrected chi connectivity index (χ3v) is 7.62. The molecule has 0 saturated heterocycles. The highest BCUT2D eigenvalue weighted by molar-refractivity contribution is 7.92. The number of anilines is 1. The highest BCUT2D eigenvalue weighted by Gasteiger charge is 2.31. The van der Waals surface area contributed by atoms with Crippen molar-refractivity contribution in [1.29, 1.82) is 0 Å². The molecule has 3 aromatic carbocycles. The molecule has 1 atom stereocenters. The predicted octanol–water partition coefficient (Wildman–Crippen LogP) is 4.45. The molecule has 1 amide bonds. The lowest BCUT2D eigenvalue weighted by atomic mass is 10.1. The van der Waals surface area contributed by atoms with Crippen molar-refractivity contribution >= 4 is 33.2 Å². The van der Waals surface area contributed by atoms with Crippen LogP contribution in [0.4, 0.5) is 5.69 Å². The van der Waals surface area contributed by atoms with Gasteiger partial charge < -0.3 is 24.3 Å². The maximum atomic E-state index is 13.9. The Bertz CT molecular complexity index is 1350. The van der Waals surface area contributed by atoms with Gasteiger partial charge in [-0.25, -0.2) is 8.42 Å². The van der Waals surface area contributed by atoms with Crippen molar-refractivity contribution in [2.24, 2.45) is 0 Å². The summed E-state index contributed by atoms with van der Waals surface area (Å²) < 4.78 is 49.8. The Morgan fingerprint density at radius 3 is 2.08 bits per heavy atom. The van der Waals surface area contributed by atoms with E-state index in [9.17, 15) is 13.2 Å². The first-order chi connectivity index (χ1) is 17.6. The van der Waals surface area contributed by atoms with E-state index in [2.05, 4.69) is 5.32 Å². The highest BCUT2D eigenvalue weighted by atomic mass is 35.5. The minimum atomic E-state index is -4.28. The number of carbonyl (C=O) groups excluding carboxylic acids is 1. The largest absolute Gasteiger partial charge is 0.497 e. The van der Waals surface area contributed by atoms with Crippen LogP contribution in [-0.4, -0.2) is 49.3 Å². The van der Waals surface area contributed by atoms with Crippen LogP contribution in [0, 0.1) is 0 Å². The number of carbonyl (C=O) groups is 1. The van der Waals surface area contributed by atoms with E-state index in [0.717, 1.165) is 9.87 Å². The van der Waals surface area contributed by atoms with Gasteiger partial charge in [0.1, 0.15) is 18.0 Å². The highest BCUT2D eigenvalue weighted by Crippen LogP contribution is 2.37. The van der Waals surface area contributed by atoms with Crippen molar-refractivity contribution in [3.63, 3.8) is 0 Å². The van der Waals surface area contributed by atoms with Gasteiger partial charge in [0.05, 0.1) is 45.1 Å². The summed E-state index contributed by atoms with van der Waals surface area (Å²) in [5.41, 5.74) is 0.931. The fourth-order valence-corrected chi connectivity index (χ4v) is 5.26. The van der Waals surface area contributed by atoms with Crippen molar-refractivity contribution in [3.8, 4) is 23.0 Å². The minimum absolute atomic E-state index is 0.108. The van der Waals surface area contributed by atoms with Crippen molar-refractivity contribution in [3.05, 3.63) is 71.2 Å². The molecule has 3 rings (SSSR count). The molecule has 0 saturated carbocycles. The summed E-state index contributed by atoms with van der Waals surface area (Å²) in [5.74, 6) is 0.958. The average molecular weight is 549 g/mol. The van der Waals surface area contributed by atoms with Crippen LogP contribution in [0.2, 0.25) is 5.02 Å². The Morgan fingerprint density at radius 1 is 0.865 bits per heavy atom. The maximum absolute atomic E-state index is 13.9. The summed E-state index contributed by atoms with van der Waals surface area (Å²) in [5, 5.41) is 3.12. The summed E-state index contributed by atoms with van der Waals surface area (Å²) in [6, 6.07) is 15.5. The number of halogens is 1. The molecule has 198 valence electrons. The molecule has 0 radical (unpaired) electrons. The summed E-state index contributed by atoms with van der Waals surface area (Å²) in [6.07, 6.45) is 0. The number of benzene rings is 3.